The van der Waals surface area contributed by atoms with Gasteiger partial charge in [-0.2, -0.15) is 0 Å². The van der Waals surface area contributed by atoms with Crippen molar-refractivity contribution < 1.29 is 9.21 Å². The average Bonchev–Trinajstić information content (AvgIpc) is 2.97. The van der Waals surface area contributed by atoms with E-state index < -0.39 is 0 Å². The maximum Gasteiger partial charge on any atom is 0.239 e. The summed E-state index contributed by atoms with van der Waals surface area (Å²) in [5.41, 5.74) is 5.96. The highest BCUT2D eigenvalue weighted by Gasteiger charge is 2.25. The van der Waals surface area contributed by atoms with Gasteiger partial charge in [-0.15, -0.1) is 0 Å². The molecule has 0 spiro atoms. The molecule has 1 aliphatic heterocycles. The molecule has 1 amide bonds. The second-order valence-electron chi connectivity index (χ2n) is 5.43. The van der Waals surface area contributed by atoms with Gasteiger partial charge in [0, 0.05) is 26.2 Å². The second-order valence-corrected chi connectivity index (χ2v) is 5.43. The molecule has 5 heteroatoms. The molecule has 2 N–H and O–H groups in total. The standard InChI is InChI=1S/C15H25N3O2/c1-2-3-6-14(16)15(19)18-9-7-17(8-10-18)12-13-5-4-11-20-13/h4-5,11,14H,2-3,6-10,12,16H2,1H3/t14-/m0/s1. The molecule has 1 fully saturated rings. The fourth-order valence-corrected chi connectivity index (χ4v) is 2.53. The fraction of sp³-hybridized carbons (Fsp3) is 0.667. The number of amides is 1. The van der Waals surface area contributed by atoms with Crippen LogP contribution in [0.3, 0.4) is 0 Å². The normalized spacial score (nSPS) is 18.2. The number of carbonyl (C=O) groups is 1. The predicted molar refractivity (Wildman–Crippen MR) is 78.1 cm³/mol. The van der Waals surface area contributed by atoms with E-state index in [1.807, 2.05) is 17.0 Å². The Morgan fingerprint density at radius 1 is 1.40 bits per heavy atom. The Kier molecular flexibility index (Phi) is 5.61. The molecule has 1 aliphatic rings. The van der Waals surface area contributed by atoms with Crippen LogP contribution in [0.2, 0.25) is 0 Å². The Hall–Kier alpha value is -1.33. The van der Waals surface area contributed by atoms with Crippen LogP contribution in [-0.4, -0.2) is 47.9 Å². The third kappa shape index (κ3) is 4.08. The van der Waals surface area contributed by atoms with Crippen LogP contribution in [0.5, 0.6) is 0 Å². The van der Waals surface area contributed by atoms with Gasteiger partial charge in [-0.05, 0) is 18.6 Å². The molecule has 1 saturated heterocycles. The van der Waals surface area contributed by atoms with E-state index in [9.17, 15) is 4.79 Å². The molecule has 2 rings (SSSR count). The molecule has 0 aliphatic carbocycles. The van der Waals surface area contributed by atoms with Gasteiger partial charge in [0.1, 0.15) is 5.76 Å². The molecule has 1 aromatic rings. The van der Waals surface area contributed by atoms with E-state index in [1.165, 1.54) is 0 Å². The lowest BCUT2D eigenvalue weighted by atomic mass is 10.1. The van der Waals surface area contributed by atoms with E-state index in [0.29, 0.717) is 0 Å². The van der Waals surface area contributed by atoms with Crippen LogP contribution in [0.4, 0.5) is 0 Å². The molecule has 112 valence electrons. The molecular weight excluding hydrogens is 254 g/mol. The third-order valence-corrected chi connectivity index (χ3v) is 3.83. The zero-order valence-electron chi connectivity index (χ0n) is 12.3. The van der Waals surface area contributed by atoms with Gasteiger partial charge in [-0.1, -0.05) is 19.8 Å². The van der Waals surface area contributed by atoms with Crippen molar-refractivity contribution in [3.8, 4) is 0 Å². The van der Waals surface area contributed by atoms with Gasteiger partial charge in [0.15, 0.2) is 0 Å². The lowest BCUT2D eigenvalue weighted by Crippen LogP contribution is -2.52. The molecule has 5 nitrogen and oxygen atoms in total. The first-order chi connectivity index (χ1) is 9.70. The Bertz CT molecular complexity index is 397. The van der Waals surface area contributed by atoms with Gasteiger partial charge in [0.05, 0.1) is 18.8 Å². The van der Waals surface area contributed by atoms with Crippen molar-refractivity contribution in [1.29, 1.82) is 0 Å². The van der Waals surface area contributed by atoms with Gasteiger partial charge < -0.3 is 15.1 Å². The molecule has 1 aromatic heterocycles. The van der Waals surface area contributed by atoms with Gasteiger partial charge >= 0.3 is 0 Å². The lowest BCUT2D eigenvalue weighted by Gasteiger charge is -2.35. The first-order valence-electron chi connectivity index (χ1n) is 7.49. The van der Waals surface area contributed by atoms with Crippen molar-refractivity contribution in [3.63, 3.8) is 0 Å². The number of rotatable bonds is 6. The maximum absolute atomic E-state index is 12.2. The van der Waals surface area contributed by atoms with Gasteiger partial charge in [0.2, 0.25) is 5.91 Å². The quantitative estimate of drug-likeness (QED) is 0.856. The van der Waals surface area contributed by atoms with Gasteiger partial charge in [0.25, 0.3) is 0 Å². The Morgan fingerprint density at radius 2 is 2.15 bits per heavy atom. The molecule has 0 saturated carbocycles. The maximum atomic E-state index is 12.2. The number of hydrogen-bond acceptors (Lipinski definition) is 4. The van der Waals surface area contributed by atoms with E-state index in [-0.39, 0.29) is 11.9 Å². The van der Waals surface area contributed by atoms with Crippen molar-refractivity contribution in [2.75, 3.05) is 26.2 Å². The second kappa shape index (κ2) is 7.45. The zero-order valence-corrected chi connectivity index (χ0v) is 12.3. The summed E-state index contributed by atoms with van der Waals surface area (Å²) in [6.07, 6.45) is 4.59. The number of nitrogens with two attached hydrogens (primary N) is 1. The summed E-state index contributed by atoms with van der Waals surface area (Å²) in [4.78, 5) is 16.4. The largest absolute Gasteiger partial charge is 0.468 e. The van der Waals surface area contributed by atoms with Crippen LogP contribution < -0.4 is 5.73 Å². The summed E-state index contributed by atoms with van der Waals surface area (Å²) in [6, 6.07) is 3.56. The molecule has 0 unspecified atom stereocenters. The SMILES string of the molecule is CCCC[C@H](N)C(=O)N1CCN(Cc2ccco2)CC1. The molecule has 2 heterocycles. The predicted octanol–water partition coefficient (Wildman–Crippen LogP) is 1.44. The first-order valence-corrected chi connectivity index (χ1v) is 7.49. The minimum Gasteiger partial charge on any atom is -0.468 e. The molecule has 1 atom stereocenters. The van der Waals surface area contributed by atoms with Crippen molar-refractivity contribution in [2.24, 2.45) is 5.73 Å². The number of piperazine rings is 1. The number of furan rings is 1. The number of unbranched alkanes of at least 4 members (excludes halogenated alkanes) is 1. The van der Waals surface area contributed by atoms with Crippen molar-refractivity contribution in [3.05, 3.63) is 24.2 Å². The average molecular weight is 279 g/mol. The summed E-state index contributed by atoms with van der Waals surface area (Å²) in [6.45, 7) is 6.22. The summed E-state index contributed by atoms with van der Waals surface area (Å²) in [5.74, 6) is 1.08. The number of nitrogens with zero attached hydrogens (tertiary/aromatic N) is 2. The van der Waals surface area contributed by atoms with Crippen LogP contribution in [0.15, 0.2) is 22.8 Å². The van der Waals surface area contributed by atoms with Crippen molar-refractivity contribution in [1.82, 2.24) is 9.80 Å². The third-order valence-electron chi connectivity index (χ3n) is 3.83. The Morgan fingerprint density at radius 3 is 2.75 bits per heavy atom. The van der Waals surface area contributed by atoms with E-state index >= 15 is 0 Å². The van der Waals surface area contributed by atoms with Crippen LogP contribution >= 0.6 is 0 Å². The topological polar surface area (TPSA) is 62.7 Å². The monoisotopic (exact) mass is 279 g/mol. The first kappa shape index (κ1) is 15.1. The van der Waals surface area contributed by atoms with Gasteiger partial charge in [-0.25, -0.2) is 0 Å². The lowest BCUT2D eigenvalue weighted by molar-refractivity contribution is -0.134. The molecule has 0 radical (unpaired) electrons. The summed E-state index contributed by atoms with van der Waals surface area (Å²) < 4.78 is 5.35. The summed E-state index contributed by atoms with van der Waals surface area (Å²) in [5, 5.41) is 0. The molecule has 0 aromatic carbocycles. The smallest absolute Gasteiger partial charge is 0.239 e. The van der Waals surface area contributed by atoms with Crippen molar-refractivity contribution in [2.45, 2.75) is 38.8 Å². The van der Waals surface area contributed by atoms with Crippen LogP contribution in [0.25, 0.3) is 0 Å². The van der Waals surface area contributed by atoms with Crippen LogP contribution in [0.1, 0.15) is 31.9 Å². The van der Waals surface area contributed by atoms with E-state index in [0.717, 1.165) is 57.7 Å². The summed E-state index contributed by atoms with van der Waals surface area (Å²) >= 11 is 0. The highest BCUT2D eigenvalue weighted by molar-refractivity contribution is 5.81. The van der Waals surface area contributed by atoms with Gasteiger partial charge in [-0.3, -0.25) is 9.69 Å². The Balaban J connectivity index is 1.74. The zero-order chi connectivity index (χ0) is 14.4. The van der Waals surface area contributed by atoms with E-state index in [4.69, 9.17) is 10.2 Å². The van der Waals surface area contributed by atoms with E-state index in [2.05, 4.69) is 11.8 Å². The minimum atomic E-state index is -0.327. The molecular formula is C15H25N3O2. The minimum absolute atomic E-state index is 0.107. The molecule has 20 heavy (non-hydrogen) atoms. The van der Waals surface area contributed by atoms with Crippen molar-refractivity contribution >= 4 is 5.91 Å². The fourth-order valence-electron chi connectivity index (χ4n) is 2.53. The highest BCUT2D eigenvalue weighted by Crippen LogP contribution is 2.10. The molecule has 0 bridgehead atoms. The number of carbonyl (C=O) groups excluding carboxylic acids is 1. The summed E-state index contributed by atoms with van der Waals surface area (Å²) in [7, 11) is 0. The van der Waals surface area contributed by atoms with E-state index in [1.54, 1.807) is 6.26 Å². The van der Waals surface area contributed by atoms with Crippen LogP contribution in [-0.2, 0) is 11.3 Å². The number of hydrogen-bond donors (Lipinski definition) is 1. The highest BCUT2D eigenvalue weighted by atomic mass is 16.3. The van der Waals surface area contributed by atoms with Crippen LogP contribution in [0, 0.1) is 0 Å². The Labute approximate surface area is 120 Å².